The molecule has 0 saturated carbocycles. The third-order valence-electron chi connectivity index (χ3n) is 3.16. The number of hydrogen-bond donors (Lipinski definition) is 0. The molecule has 0 spiro atoms. The number of halogens is 1. The van der Waals surface area contributed by atoms with Crippen LogP contribution in [0.3, 0.4) is 0 Å². The Morgan fingerprint density at radius 3 is 2.61 bits per heavy atom. The number of fused-ring (bicyclic) bond motifs is 3. The number of rotatable bonds is 1. The third kappa shape index (κ3) is 1.73. The summed E-state index contributed by atoms with van der Waals surface area (Å²) in [6, 6.07) is 10.2. The zero-order valence-corrected chi connectivity index (χ0v) is 11.1. The summed E-state index contributed by atoms with van der Waals surface area (Å²) in [5.74, 6) is 0.369. The molecule has 90 valence electrons. The Hall–Kier alpha value is -1.67. The van der Waals surface area contributed by atoms with Gasteiger partial charge in [0, 0.05) is 17.0 Å². The topological polar surface area (TPSA) is 25.8 Å². The maximum Gasteiger partial charge on any atom is 0.133 e. The zero-order chi connectivity index (χ0) is 12.7. The highest BCUT2D eigenvalue weighted by Gasteiger charge is 2.10. The summed E-state index contributed by atoms with van der Waals surface area (Å²) in [5.41, 5.74) is 2.87. The molecule has 0 N–H and O–H groups in total. The number of hydrogen-bond acceptors (Lipinski definition) is 2. The first-order valence-electron chi connectivity index (χ1n) is 6.00. The van der Waals surface area contributed by atoms with Gasteiger partial charge in [0.2, 0.25) is 0 Å². The fourth-order valence-corrected chi connectivity index (χ4v) is 2.53. The molecule has 0 saturated heterocycles. The van der Waals surface area contributed by atoms with E-state index in [1.807, 2.05) is 12.1 Å². The highest BCUT2D eigenvalue weighted by Crippen LogP contribution is 2.29. The molecule has 0 unspecified atom stereocenters. The van der Waals surface area contributed by atoms with E-state index in [1.54, 1.807) is 6.20 Å². The molecular weight excluding hydrogens is 244 g/mol. The van der Waals surface area contributed by atoms with Gasteiger partial charge in [-0.3, -0.25) is 4.98 Å². The Morgan fingerprint density at radius 2 is 1.83 bits per heavy atom. The molecule has 0 radical (unpaired) electrons. The Labute approximate surface area is 111 Å². The second-order valence-corrected chi connectivity index (χ2v) is 5.09. The molecule has 0 aliphatic heterocycles. The van der Waals surface area contributed by atoms with Crippen molar-refractivity contribution in [2.24, 2.45) is 0 Å². The van der Waals surface area contributed by atoms with Crippen LogP contribution in [0, 0.1) is 0 Å². The van der Waals surface area contributed by atoms with Gasteiger partial charge in [-0.1, -0.05) is 43.6 Å². The van der Waals surface area contributed by atoms with E-state index in [2.05, 4.69) is 42.0 Å². The normalized spacial score (nSPS) is 11.6. The van der Waals surface area contributed by atoms with Crippen molar-refractivity contribution in [1.82, 2.24) is 9.97 Å². The van der Waals surface area contributed by atoms with Gasteiger partial charge in [0.25, 0.3) is 0 Å². The molecule has 3 heteroatoms. The van der Waals surface area contributed by atoms with Crippen molar-refractivity contribution < 1.29 is 0 Å². The summed E-state index contributed by atoms with van der Waals surface area (Å²) in [7, 11) is 0. The van der Waals surface area contributed by atoms with E-state index in [-0.39, 0.29) is 0 Å². The van der Waals surface area contributed by atoms with E-state index >= 15 is 0 Å². The van der Waals surface area contributed by atoms with Gasteiger partial charge in [0.15, 0.2) is 0 Å². The fraction of sp³-hybridized carbons (Fsp3) is 0.200. The lowest BCUT2D eigenvalue weighted by molar-refractivity contribution is 0.862. The van der Waals surface area contributed by atoms with Crippen LogP contribution in [-0.4, -0.2) is 9.97 Å². The lowest BCUT2D eigenvalue weighted by atomic mass is 10.0. The van der Waals surface area contributed by atoms with Crippen LogP contribution in [0.1, 0.15) is 25.3 Å². The van der Waals surface area contributed by atoms with E-state index in [0.29, 0.717) is 11.1 Å². The van der Waals surface area contributed by atoms with Crippen molar-refractivity contribution in [3.63, 3.8) is 0 Å². The minimum absolute atomic E-state index is 0.369. The summed E-state index contributed by atoms with van der Waals surface area (Å²) >= 11 is 6.26. The maximum absolute atomic E-state index is 6.26. The number of nitrogens with zero attached hydrogens (tertiary/aromatic N) is 2. The molecule has 0 bridgehead atoms. The SMILES string of the molecule is CC(C)c1cc2ccc3cccnc3c2nc1Cl. The number of benzene rings is 1. The molecular formula is C15H13ClN2. The average Bonchev–Trinajstić information content (AvgIpc) is 2.37. The van der Waals surface area contributed by atoms with Gasteiger partial charge in [0.1, 0.15) is 5.15 Å². The maximum atomic E-state index is 6.26. The van der Waals surface area contributed by atoms with Crippen LogP contribution in [0.15, 0.2) is 36.5 Å². The monoisotopic (exact) mass is 256 g/mol. The van der Waals surface area contributed by atoms with Crippen molar-refractivity contribution in [2.75, 3.05) is 0 Å². The second kappa shape index (κ2) is 4.21. The van der Waals surface area contributed by atoms with Crippen LogP contribution in [0.4, 0.5) is 0 Å². The van der Waals surface area contributed by atoms with Crippen molar-refractivity contribution >= 4 is 33.4 Å². The van der Waals surface area contributed by atoms with Gasteiger partial charge < -0.3 is 0 Å². The van der Waals surface area contributed by atoms with Crippen molar-refractivity contribution in [2.45, 2.75) is 19.8 Å². The van der Waals surface area contributed by atoms with Gasteiger partial charge in [-0.25, -0.2) is 4.98 Å². The predicted molar refractivity (Wildman–Crippen MR) is 76.1 cm³/mol. The Morgan fingerprint density at radius 1 is 1.06 bits per heavy atom. The molecule has 0 amide bonds. The van der Waals surface area contributed by atoms with E-state index in [4.69, 9.17) is 11.6 Å². The molecule has 2 aromatic heterocycles. The summed E-state index contributed by atoms with van der Waals surface area (Å²) in [6.45, 7) is 4.24. The highest BCUT2D eigenvalue weighted by atomic mass is 35.5. The summed E-state index contributed by atoms with van der Waals surface area (Å²) in [6.07, 6.45) is 1.79. The minimum Gasteiger partial charge on any atom is -0.254 e. The van der Waals surface area contributed by atoms with Crippen molar-refractivity contribution in [3.05, 3.63) is 47.2 Å². The summed E-state index contributed by atoms with van der Waals surface area (Å²) < 4.78 is 0. The third-order valence-corrected chi connectivity index (χ3v) is 3.46. The smallest absolute Gasteiger partial charge is 0.133 e. The molecule has 2 nitrogen and oxygen atoms in total. The molecule has 18 heavy (non-hydrogen) atoms. The van der Waals surface area contributed by atoms with Crippen LogP contribution in [0.25, 0.3) is 21.8 Å². The number of aromatic nitrogens is 2. The van der Waals surface area contributed by atoms with Gasteiger partial charge in [0.05, 0.1) is 11.0 Å². The van der Waals surface area contributed by atoms with E-state index in [1.165, 1.54) is 0 Å². The van der Waals surface area contributed by atoms with Crippen molar-refractivity contribution in [1.29, 1.82) is 0 Å². The fourth-order valence-electron chi connectivity index (χ4n) is 2.17. The summed E-state index contributed by atoms with van der Waals surface area (Å²) in [4.78, 5) is 8.93. The van der Waals surface area contributed by atoms with E-state index < -0.39 is 0 Å². The molecule has 0 atom stereocenters. The van der Waals surface area contributed by atoms with E-state index in [9.17, 15) is 0 Å². The standard InChI is InChI=1S/C15H13ClN2/c1-9(2)12-8-11-6-5-10-4-3-7-17-13(10)14(11)18-15(12)16/h3-9H,1-2H3. The highest BCUT2D eigenvalue weighted by molar-refractivity contribution is 6.31. The summed E-state index contributed by atoms with van der Waals surface area (Å²) in [5, 5.41) is 2.76. The molecule has 0 aliphatic carbocycles. The first-order valence-corrected chi connectivity index (χ1v) is 6.38. The molecule has 1 aromatic carbocycles. The Balaban J connectivity index is 2.42. The Kier molecular flexibility index (Phi) is 2.67. The van der Waals surface area contributed by atoms with E-state index in [0.717, 1.165) is 27.4 Å². The molecule has 3 rings (SSSR count). The zero-order valence-electron chi connectivity index (χ0n) is 10.3. The Bertz CT molecular complexity index is 735. The van der Waals surface area contributed by atoms with Gasteiger partial charge in [-0.2, -0.15) is 0 Å². The van der Waals surface area contributed by atoms with Crippen LogP contribution < -0.4 is 0 Å². The van der Waals surface area contributed by atoms with Crippen molar-refractivity contribution in [3.8, 4) is 0 Å². The molecule has 0 fully saturated rings. The lowest BCUT2D eigenvalue weighted by Crippen LogP contribution is -1.93. The van der Waals surface area contributed by atoms with Crippen LogP contribution in [0.2, 0.25) is 5.15 Å². The van der Waals surface area contributed by atoms with Gasteiger partial charge >= 0.3 is 0 Å². The first-order chi connectivity index (χ1) is 8.66. The van der Waals surface area contributed by atoms with Crippen LogP contribution >= 0.6 is 11.6 Å². The quantitative estimate of drug-likeness (QED) is 0.471. The van der Waals surface area contributed by atoms with Crippen LogP contribution in [0.5, 0.6) is 0 Å². The van der Waals surface area contributed by atoms with Crippen LogP contribution in [-0.2, 0) is 0 Å². The lowest BCUT2D eigenvalue weighted by Gasteiger charge is -2.10. The largest absolute Gasteiger partial charge is 0.254 e. The van der Waals surface area contributed by atoms with Gasteiger partial charge in [-0.15, -0.1) is 0 Å². The average molecular weight is 257 g/mol. The minimum atomic E-state index is 0.369. The first kappa shape index (κ1) is 11.4. The predicted octanol–water partition coefficient (Wildman–Crippen LogP) is 4.56. The molecule has 2 heterocycles. The molecule has 3 aromatic rings. The van der Waals surface area contributed by atoms with Gasteiger partial charge in [-0.05, 0) is 23.6 Å². The molecule has 0 aliphatic rings. The second-order valence-electron chi connectivity index (χ2n) is 4.74. The number of pyridine rings is 2.